The van der Waals surface area contributed by atoms with Gasteiger partial charge in [0.25, 0.3) is 0 Å². The number of primary amides is 1. The largest absolute Gasteiger partial charge is 0.368 e. The molecule has 5 amide bonds. The zero-order valence-electron chi connectivity index (χ0n) is 67.5. The SMILES string of the molecule is CCCCCCCC/C=C\CCCCCCCCN(CC(N)=O)C(=O)CN(CCCCCCCC/C=C\CCCCCCCC)C(=O)CN(CCCCCCCC/C=C\CCCCCCCC)C(=O)CN(CCCCCCCC/C=C\CCCCCCCC)C(=O)CCCCN(CC)CC. The van der Waals surface area contributed by atoms with Crippen molar-refractivity contribution in [3.05, 3.63) is 48.6 Å². The summed E-state index contributed by atoms with van der Waals surface area (Å²) >= 11 is 0. The first kappa shape index (κ1) is 96.3. The van der Waals surface area contributed by atoms with Crippen LogP contribution in [0.25, 0.3) is 0 Å². The molecule has 0 aliphatic carbocycles. The Morgan fingerprint density at radius 3 is 0.630 bits per heavy atom. The number of nitrogens with zero attached hydrogens (tertiary/aromatic N) is 5. The molecule has 0 fully saturated rings. The van der Waals surface area contributed by atoms with Crippen molar-refractivity contribution in [1.82, 2.24) is 24.5 Å². The van der Waals surface area contributed by atoms with Gasteiger partial charge < -0.3 is 30.2 Å². The third kappa shape index (κ3) is 66.2. The van der Waals surface area contributed by atoms with Gasteiger partial charge in [0.1, 0.15) is 0 Å². The van der Waals surface area contributed by atoms with Gasteiger partial charge in [-0.2, -0.15) is 0 Å². The molecule has 0 unspecified atom stereocenters. The van der Waals surface area contributed by atoms with Gasteiger partial charge >= 0.3 is 0 Å². The molecule has 0 radical (unpaired) electrons. The van der Waals surface area contributed by atoms with Gasteiger partial charge in [0.15, 0.2) is 0 Å². The van der Waals surface area contributed by atoms with Crippen LogP contribution in [0.3, 0.4) is 0 Å². The lowest BCUT2D eigenvalue weighted by Crippen LogP contribution is -2.50. The highest BCUT2D eigenvalue weighted by Gasteiger charge is 2.27. The van der Waals surface area contributed by atoms with E-state index in [9.17, 15) is 19.2 Å². The molecule has 0 aromatic carbocycles. The van der Waals surface area contributed by atoms with Crippen LogP contribution < -0.4 is 5.73 Å². The molecule has 0 aromatic heterocycles. The van der Waals surface area contributed by atoms with E-state index in [-0.39, 0.29) is 49.8 Å². The van der Waals surface area contributed by atoms with Gasteiger partial charge in [0.2, 0.25) is 29.5 Å². The van der Waals surface area contributed by atoms with Gasteiger partial charge in [0.05, 0.1) is 26.2 Å². The lowest BCUT2D eigenvalue weighted by Gasteiger charge is -2.31. The van der Waals surface area contributed by atoms with Crippen molar-refractivity contribution in [3.63, 3.8) is 0 Å². The van der Waals surface area contributed by atoms with Gasteiger partial charge in [-0.05, 0) is 161 Å². The minimum atomic E-state index is -0.559. The monoisotopic (exact) mass is 1400 g/mol. The molecule has 0 aliphatic rings. The molecule has 0 aromatic rings. The van der Waals surface area contributed by atoms with E-state index in [0.29, 0.717) is 32.6 Å². The molecular weight excluding hydrogens is 1230 g/mol. The van der Waals surface area contributed by atoms with Crippen LogP contribution in [-0.2, 0) is 24.0 Å². The summed E-state index contributed by atoms with van der Waals surface area (Å²) in [5, 5.41) is 0. The van der Waals surface area contributed by atoms with Crippen LogP contribution in [0.4, 0.5) is 0 Å². The van der Waals surface area contributed by atoms with E-state index in [1.165, 1.54) is 238 Å². The zero-order chi connectivity index (χ0) is 72.9. The van der Waals surface area contributed by atoms with Gasteiger partial charge in [-0.25, -0.2) is 0 Å². The number of amides is 5. The van der Waals surface area contributed by atoms with Crippen LogP contribution in [0.15, 0.2) is 48.6 Å². The van der Waals surface area contributed by atoms with Crippen LogP contribution in [0, 0.1) is 0 Å². The summed E-state index contributed by atoms with van der Waals surface area (Å²) in [6, 6.07) is 0. The molecule has 0 bridgehead atoms. The van der Waals surface area contributed by atoms with Gasteiger partial charge in [-0.15, -0.1) is 0 Å². The lowest BCUT2D eigenvalue weighted by molar-refractivity contribution is -0.146. The second-order valence-corrected chi connectivity index (χ2v) is 30.0. The predicted octanol–water partition coefficient (Wildman–Crippen LogP) is 24.4. The molecule has 11 nitrogen and oxygen atoms in total. The second-order valence-electron chi connectivity index (χ2n) is 30.0. The van der Waals surface area contributed by atoms with Crippen molar-refractivity contribution >= 4 is 29.5 Å². The van der Waals surface area contributed by atoms with Crippen LogP contribution in [0.1, 0.15) is 420 Å². The molecule has 0 aliphatic heterocycles. The maximum Gasteiger partial charge on any atom is 0.242 e. The molecule has 100 heavy (non-hydrogen) atoms. The summed E-state index contributed by atoms with van der Waals surface area (Å²) in [6.45, 7) is 17.6. The summed E-state index contributed by atoms with van der Waals surface area (Å²) < 4.78 is 0. The summed E-state index contributed by atoms with van der Waals surface area (Å²) in [5.74, 6) is -1.26. The molecule has 0 spiro atoms. The molecule has 2 N–H and O–H groups in total. The van der Waals surface area contributed by atoms with Gasteiger partial charge in [-0.1, -0.05) is 321 Å². The summed E-state index contributed by atoms with van der Waals surface area (Å²) in [5.41, 5.74) is 5.83. The third-order valence-corrected chi connectivity index (χ3v) is 20.5. The number of carbonyl (C=O) groups is 5. The molecule has 0 rings (SSSR count). The number of unbranched alkanes of at least 4 members (excludes halogenated alkanes) is 49. The number of hydrogen-bond donors (Lipinski definition) is 1. The van der Waals surface area contributed by atoms with E-state index in [2.05, 4.69) is 95.1 Å². The van der Waals surface area contributed by atoms with Crippen LogP contribution in [-0.4, -0.2) is 126 Å². The van der Waals surface area contributed by atoms with Gasteiger partial charge in [0, 0.05) is 32.6 Å². The quantitative estimate of drug-likeness (QED) is 0.0477. The first-order chi connectivity index (χ1) is 49.1. The fraction of sp³-hybridized carbons (Fsp3) is 0.854. The van der Waals surface area contributed by atoms with Gasteiger partial charge in [-0.3, -0.25) is 24.0 Å². The van der Waals surface area contributed by atoms with E-state index in [4.69, 9.17) is 5.73 Å². The first-order valence-corrected chi connectivity index (χ1v) is 43.8. The number of nitrogens with two attached hydrogens (primary N) is 1. The highest BCUT2D eigenvalue weighted by Crippen LogP contribution is 2.18. The summed E-state index contributed by atoms with van der Waals surface area (Å²) in [6.07, 6.45) is 87.6. The van der Waals surface area contributed by atoms with Crippen LogP contribution >= 0.6 is 0 Å². The zero-order valence-corrected chi connectivity index (χ0v) is 67.5. The average Bonchev–Trinajstić information content (AvgIpc) is 0.874. The second kappa shape index (κ2) is 77.9. The normalized spacial score (nSPS) is 11.9. The number of hydrogen-bond acceptors (Lipinski definition) is 6. The third-order valence-electron chi connectivity index (χ3n) is 20.5. The Hall–Kier alpha value is -3.73. The lowest BCUT2D eigenvalue weighted by atomic mass is 10.1. The highest BCUT2D eigenvalue weighted by molar-refractivity contribution is 5.91. The van der Waals surface area contributed by atoms with Crippen molar-refractivity contribution in [2.24, 2.45) is 5.73 Å². The Kier molecular flexibility index (Phi) is 75.0. The highest BCUT2D eigenvalue weighted by atomic mass is 16.2. The van der Waals surface area contributed by atoms with E-state index in [0.717, 1.165) is 154 Å². The molecule has 0 saturated carbocycles. The van der Waals surface area contributed by atoms with E-state index in [1.807, 2.05) is 0 Å². The summed E-state index contributed by atoms with van der Waals surface area (Å²) in [7, 11) is 0. The number of rotatable bonds is 79. The Bertz CT molecular complexity index is 1930. The Balaban J connectivity index is 6.38. The minimum absolute atomic E-state index is 0.0210. The topological polar surface area (TPSA) is 128 Å². The fourth-order valence-corrected chi connectivity index (χ4v) is 13.7. The fourth-order valence-electron chi connectivity index (χ4n) is 13.7. The molecule has 584 valence electrons. The number of carbonyl (C=O) groups excluding carboxylic acids is 5. The maximum atomic E-state index is 15.0. The van der Waals surface area contributed by atoms with Crippen molar-refractivity contribution < 1.29 is 24.0 Å². The molecule has 11 heteroatoms. The Morgan fingerprint density at radius 1 is 0.220 bits per heavy atom. The van der Waals surface area contributed by atoms with Crippen molar-refractivity contribution in [3.8, 4) is 0 Å². The van der Waals surface area contributed by atoms with Crippen LogP contribution in [0.2, 0.25) is 0 Å². The maximum absolute atomic E-state index is 15.0. The van der Waals surface area contributed by atoms with E-state index in [1.54, 1.807) is 19.6 Å². The minimum Gasteiger partial charge on any atom is -0.368 e. The first-order valence-electron chi connectivity index (χ1n) is 43.8. The van der Waals surface area contributed by atoms with Crippen molar-refractivity contribution in [2.45, 2.75) is 420 Å². The summed E-state index contributed by atoms with van der Waals surface area (Å²) in [4.78, 5) is 80.5. The molecular formula is C89H168N6O5. The Morgan fingerprint density at radius 2 is 0.410 bits per heavy atom. The standard InChI is InChI=1S/C89H168N6O5/c1-7-13-17-21-25-29-33-37-41-45-49-53-57-61-65-70-77-92(81-85(90)96)87(98)83-94(79-72-67-63-59-55-51-47-43-39-35-31-27-23-19-15-9-3)89(100)84-95(80-73-68-64-60-56-52-48-44-40-36-32-28-24-20-16-10-4)88(99)82-93(86(97)75-69-74-76-91(11-5)12-6)78-71-66-62-58-54-50-46-42-38-34-30-26-22-18-14-8-2/h37-44H,7-36,45-84H2,1-6H3,(H2,90,96)/b41-37-,42-38-,43-39-,44-40-. The van der Waals surface area contributed by atoms with E-state index < -0.39 is 5.91 Å². The Labute approximate surface area is 621 Å². The molecule has 0 atom stereocenters. The number of allylic oxidation sites excluding steroid dienone is 8. The van der Waals surface area contributed by atoms with Crippen molar-refractivity contribution in [1.29, 1.82) is 0 Å². The molecule has 0 saturated heterocycles. The van der Waals surface area contributed by atoms with Crippen molar-refractivity contribution in [2.75, 3.05) is 72.0 Å². The molecule has 0 heterocycles. The van der Waals surface area contributed by atoms with Crippen LogP contribution in [0.5, 0.6) is 0 Å². The average molecular weight is 1400 g/mol. The van der Waals surface area contributed by atoms with E-state index >= 15 is 4.79 Å². The predicted molar refractivity (Wildman–Crippen MR) is 435 cm³/mol. The smallest absolute Gasteiger partial charge is 0.242 e.